The summed E-state index contributed by atoms with van der Waals surface area (Å²) in [4.78, 5) is 2.59. The van der Waals surface area contributed by atoms with Crippen LogP contribution in [0.25, 0.3) is 43.6 Å². The third kappa shape index (κ3) is 2.53. The third-order valence-corrected chi connectivity index (χ3v) is 7.85. The van der Waals surface area contributed by atoms with Crippen molar-refractivity contribution in [1.29, 1.82) is 0 Å². The molecule has 0 amide bonds. The molecule has 6 rings (SSSR count). The van der Waals surface area contributed by atoms with Gasteiger partial charge in [-0.25, -0.2) is 8.96 Å². The van der Waals surface area contributed by atoms with E-state index < -0.39 is 0 Å². The van der Waals surface area contributed by atoms with Crippen molar-refractivity contribution >= 4 is 44.1 Å². The molecule has 0 aliphatic carbocycles. The van der Waals surface area contributed by atoms with E-state index in [0.717, 1.165) is 29.0 Å². The highest BCUT2D eigenvalue weighted by atomic mass is 32.2. The third-order valence-electron chi connectivity index (χ3n) is 6.65. The van der Waals surface area contributed by atoms with Crippen LogP contribution in [0.4, 0.5) is 4.39 Å². The van der Waals surface area contributed by atoms with Gasteiger partial charge in [0.15, 0.2) is 6.20 Å². The standard InChI is InChI=1S/C28H23FNS/c1-4-8-20-19-11-6-5-10-18(19)16(2)24-27-26-21(13-14-30(27)3)25-17(9-7-12-22(25)29)15-23(26)31-28(20)24/h5-7,9-15H,4,8H2,1-3H3/q+1. The van der Waals surface area contributed by atoms with Gasteiger partial charge in [0.05, 0.1) is 10.9 Å². The van der Waals surface area contributed by atoms with Crippen molar-refractivity contribution in [1.82, 2.24) is 0 Å². The molecule has 152 valence electrons. The van der Waals surface area contributed by atoms with Crippen molar-refractivity contribution in [3.8, 4) is 11.3 Å². The van der Waals surface area contributed by atoms with Crippen LogP contribution in [0.2, 0.25) is 0 Å². The quantitative estimate of drug-likeness (QED) is 0.206. The summed E-state index contributed by atoms with van der Waals surface area (Å²) in [6.45, 7) is 4.49. The summed E-state index contributed by atoms with van der Waals surface area (Å²) in [5.41, 5.74) is 5.25. The molecule has 0 atom stereocenters. The first kappa shape index (κ1) is 18.8. The summed E-state index contributed by atoms with van der Waals surface area (Å²) in [5.74, 6) is -0.151. The second-order valence-corrected chi connectivity index (χ2v) is 9.53. The number of rotatable bonds is 2. The number of halogens is 1. The van der Waals surface area contributed by atoms with Crippen molar-refractivity contribution in [2.24, 2.45) is 7.05 Å². The molecule has 2 heterocycles. The zero-order valence-corrected chi connectivity index (χ0v) is 18.7. The molecule has 31 heavy (non-hydrogen) atoms. The van der Waals surface area contributed by atoms with Crippen molar-refractivity contribution in [2.45, 2.75) is 36.5 Å². The van der Waals surface area contributed by atoms with Crippen LogP contribution in [-0.4, -0.2) is 0 Å². The molecule has 0 saturated carbocycles. The minimum Gasteiger partial charge on any atom is -0.206 e. The number of pyridine rings is 1. The number of benzene rings is 4. The Morgan fingerprint density at radius 1 is 0.935 bits per heavy atom. The van der Waals surface area contributed by atoms with Crippen LogP contribution in [-0.2, 0) is 13.5 Å². The van der Waals surface area contributed by atoms with Crippen molar-refractivity contribution in [3.05, 3.63) is 77.7 Å². The van der Waals surface area contributed by atoms with Gasteiger partial charge in [-0.2, -0.15) is 0 Å². The highest BCUT2D eigenvalue weighted by Gasteiger charge is 2.32. The number of hydrogen-bond donors (Lipinski definition) is 0. The molecule has 1 aliphatic rings. The lowest BCUT2D eigenvalue weighted by molar-refractivity contribution is -0.659. The summed E-state index contributed by atoms with van der Waals surface area (Å²) in [5, 5.41) is 6.53. The number of hydrogen-bond acceptors (Lipinski definition) is 1. The maximum atomic E-state index is 14.9. The zero-order chi connectivity index (χ0) is 21.3. The van der Waals surface area contributed by atoms with Gasteiger partial charge >= 0.3 is 0 Å². The summed E-state index contributed by atoms with van der Waals surface area (Å²) >= 11 is 1.86. The monoisotopic (exact) mass is 424 g/mol. The molecular weight excluding hydrogens is 401 g/mol. The number of nitrogens with zero attached hydrogens (tertiary/aromatic N) is 1. The summed E-state index contributed by atoms with van der Waals surface area (Å²) in [6, 6.07) is 18.4. The van der Waals surface area contributed by atoms with Crippen LogP contribution in [0.15, 0.2) is 70.6 Å². The lowest BCUT2D eigenvalue weighted by atomic mass is 9.89. The fraction of sp³-hybridized carbons (Fsp3) is 0.179. The topological polar surface area (TPSA) is 3.88 Å². The second-order valence-electron chi connectivity index (χ2n) is 8.48. The van der Waals surface area contributed by atoms with Gasteiger partial charge < -0.3 is 0 Å². The fourth-order valence-corrected chi connectivity index (χ4v) is 6.71. The lowest BCUT2D eigenvalue weighted by Gasteiger charge is -2.25. The summed E-state index contributed by atoms with van der Waals surface area (Å²) < 4.78 is 17.2. The average Bonchev–Trinajstić information content (AvgIpc) is 2.78. The Morgan fingerprint density at radius 2 is 1.74 bits per heavy atom. The van der Waals surface area contributed by atoms with Gasteiger partial charge in [0.2, 0.25) is 5.69 Å². The molecule has 1 aromatic heterocycles. The Bertz CT molecular complexity index is 1550. The Balaban J connectivity index is 1.86. The molecule has 0 spiro atoms. The minimum absolute atomic E-state index is 0.151. The molecule has 4 aromatic carbocycles. The van der Waals surface area contributed by atoms with E-state index in [1.54, 1.807) is 6.07 Å². The number of aryl methyl sites for hydroxylation is 3. The van der Waals surface area contributed by atoms with Gasteiger partial charge in [-0.15, -0.1) is 0 Å². The predicted molar refractivity (Wildman–Crippen MR) is 128 cm³/mol. The molecule has 0 saturated heterocycles. The van der Waals surface area contributed by atoms with Gasteiger partial charge in [-0.1, -0.05) is 61.5 Å². The predicted octanol–water partition coefficient (Wildman–Crippen LogP) is 7.50. The van der Waals surface area contributed by atoms with Crippen molar-refractivity contribution in [3.63, 3.8) is 0 Å². The van der Waals surface area contributed by atoms with Crippen LogP contribution in [0.1, 0.15) is 24.5 Å². The first-order chi connectivity index (χ1) is 15.1. The molecule has 0 radical (unpaired) electrons. The first-order valence-corrected chi connectivity index (χ1v) is 11.7. The highest BCUT2D eigenvalue weighted by molar-refractivity contribution is 8.00. The van der Waals surface area contributed by atoms with E-state index in [-0.39, 0.29) is 5.82 Å². The van der Waals surface area contributed by atoms with E-state index in [2.05, 4.69) is 68.1 Å². The number of aromatic nitrogens is 1. The zero-order valence-electron chi connectivity index (χ0n) is 17.9. The average molecular weight is 425 g/mol. The van der Waals surface area contributed by atoms with Crippen LogP contribution in [0, 0.1) is 12.7 Å². The molecule has 0 N–H and O–H groups in total. The molecule has 1 nitrogen and oxygen atoms in total. The van der Waals surface area contributed by atoms with E-state index in [1.807, 2.05) is 23.9 Å². The normalized spacial score (nSPS) is 12.6. The van der Waals surface area contributed by atoms with Crippen LogP contribution in [0.3, 0.4) is 0 Å². The fourth-order valence-electron chi connectivity index (χ4n) is 5.30. The molecule has 0 bridgehead atoms. The Morgan fingerprint density at radius 3 is 2.55 bits per heavy atom. The van der Waals surface area contributed by atoms with Gasteiger partial charge in [-0.3, -0.25) is 0 Å². The Labute approximate surface area is 185 Å². The van der Waals surface area contributed by atoms with E-state index in [0.29, 0.717) is 0 Å². The van der Waals surface area contributed by atoms with E-state index in [9.17, 15) is 4.39 Å². The summed E-state index contributed by atoms with van der Waals surface area (Å²) in [7, 11) is 2.11. The van der Waals surface area contributed by atoms with Gasteiger partial charge in [0, 0.05) is 26.6 Å². The van der Waals surface area contributed by atoms with Crippen molar-refractivity contribution < 1.29 is 8.96 Å². The van der Waals surface area contributed by atoms with Crippen LogP contribution < -0.4 is 4.57 Å². The van der Waals surface area contributed by atoms with Crippen LogP contribution >= 0.6 is 11.8 Å². The molecule has 3 heteroatoms. The minimum atomic E-state index is -0.151. The van der Waals surface area contributed by atoms with Gasteiger partial charge in [0.25, 0.3) is 0 Å². The maximum absolute atomic E-state index is 14.9. The lowest BCUT2D eigenvalue weighted by Crippen LogP contribution is -2.32. The van der Waals surface area contributed by atoms with E-state index in [1.165, 1.54) is 48.3 Å². The van der Waals surface area contributed by atoms with Crippen molar-refractivity contribution in [2.75, 3.05) is 0 Å². The maximum Gasteiger partial charge on any atom is 0.222 e. The first-order valence-electron chi connectivity index (χ1n) is 10.9. The number of fused-ring (bicyclic) bond motifs is 5. The second kappa shape index (κ2) is 6.80. The van der Waals surface area contributed by atoms with Gasteiger partial charge in [-0.05, 0) is 52.8 Å². The van der Waals surface area contributed by atoms with Gasteiger partial charge in [0.1, 0.15) is 12.9 Å². The Hall–Kier alpha value is -2.91. The van der Waals surface area contributed by atoms with Crippen LogP contribution in [0.5, 0.6) is 0 Å². The molecule has 5 aromatic rings. The molecule has 0 unspecified atom stereocenters. The SMILES string of the molecule is CCCc1c2c(c(C)c3ccccc13)-c1c3c(cc4cccc(F)c4c3cc[n+]1C)S2. The van der Waals surface area contributed by atoms with E-state index in [4.69, 9.17) is 0 Å². The van der Waals surface area contributed by atoms with E-state index >= 15 is 0 Å². The molecule has 1 aliphatic heterocycles. The highest BCUT2D eigenvalue weighted by Crippen LogP contribution is 2.52. The smallest absolute Gasteiger partial charge is 0.206 e. The molecular formula is C28H23FNS+. The molecule has 0 fully saturated rings. The Kier molecular flexibility index (Phi) is 4.13. The largest absolute Gasteiger partial charge is 0.222 e. The summed E-state index contributed by atoms with van der Waals surface area (Å²) in [6.07, 6.45) is 4.24.